The third kappa shape index (κ3) is 2.90. The molecule has 0 radical (unpaired) electrons. The van der Waals surface area contributed by atoms with Gasteiger partial charge in [0.2, 0.25) is 5.91 Å². The molecule has 0 atom stereocenters. The number of nitrogens with zero attached hydrogens (tertiary/aromatic N) is 1. The third-order valence-electron chi connectivity index (χ3n) is 3.32. The Morgan fingerprint density at radius 2 is 1.90 bits per heavy atom. The molecule has 1 aliphatic heterocycles. The van der Waals surface area contributed by atoms with Crippen LogP contribution in [0.1, 0.15) is 16.0 Å². The van der Waals surface area contributed by atoms with Crippen LogP contribution in [0.15, 0.2) is 40.6 Å². The lowest BCUT2D eigenvalue weighted by atomic mass is 10.1. The topological polar surface area (TPSA) is 40.5 Å². The summed E-state index contributed by atoms with van der Waals surface area (Å²) < 4.78 is 1.08. The zero-order chi connectivity index (χ0) is 13.9. The molecule has 0 aliphatic carbocycles. The number of carbonyl (C=O) groups is 1. The summed E-state index contributed by atoms with van der Waals surface area (Å²) in [5, 5.41) is 9.03. The van der Waals surface area contributed by atoms with E-state index in [1.807, 2.05) is 29.2 Å². The Morgan fingerprint density at radius 3 is 2.50 bits per heavy atom. The van der Waals surface area contributed by atoms with Crippen molar-refractivity contribution in [3.05, 3.63) is 52.4 Å². The summed E-state index contributed by atoms with van der Waals surface area (Å²) in [5.74, 6) is 0.629. The number of thioether (sulfide) groups is 1. The minimum atomic E-state index is 0.0700. The van der Waals surface area contributed by atoms with Crippen molar-refractivity contribution in [3.8, 4) is 0 Å². The average Bonchev–Trinajstić information content (AvgIpc) is 3.10. The molecule has 3 rings (SSSR count). The second-order valence-electron chi connectivity index (χ2n) is 4.69. The van der Waals surface area contributed by atoms with Gasteiger partial charge in [-0.1, -0.05) is 24.3 Å². The summed E-state index contributed by atoms with van der Waals surface area (Å²) in [6.07, 6.45) is 0. The second-order valence-corrected chi connectivity index (χ2v) is 7.13. The maximum absolute atomic E-state index is 12.2. The van der Waals surface area contributed by atoms with E-state index in [2.05, 4.69) is 12.1 Å². The fourth-order valence-corrected chi connectivity index (χ4v) is 4.20. The Hall–Kier alpha value is -1.30. The van der Waals surface area contributed by atoms with E-state index >= 15 is 0 Å². The summed E-state index contributed by atoms with van der Waals surface area (Å²) in [4.78, 5) is 15.1. The number of aliphatic hydroxyl groups excluding tert-OH is 1. The lowest BCUT2D eigenvalue weighted by Crippen LogP contribution is -2.26. The molecular weight excluding hydrogens is 290 g/mol. The van der Waals surface area contributed by atoms with Crippen molar-refractivity contribution in [2.45, 2.75) is 23.9 Å². The van der Waals surface area contributed by atoms with Crippen LogP contribution in [0.4, 0.5) is 0 Å². The fraction of sp³-hybridized carbons (Fsp3) is 0.267. The number of hydrogen-bond acceptors (Lipinski definition) is 4. The Balaban J connectivity index is 1.56. The predicted octanol–water partition coefficient (Wildman–Crippen LogP) is 2.87. The number of rotatable bonds is 4. The van der Waals surface area contributed by atoms with Gasteiger partial charge in [-0.15, -0.1) is 23.1 Å². The van der Waals surface area contributed by atoms with Crippen molar-refractivity contribution < 1.29 is 9.90 Å². The molecule has 1 aromatic heterocycles. The summed E-state index contributed by atoms with van der Waals surface area (Å²) in [5.41, 5.74) is 2.51. The first-order chi connectivity index (χ1) is 9.76. The quantitative estimate of drug-likeness (QED) is 0.883. The van der Waals surface area contributed by atoms with Crippen LogP contribution in [0.3, 0.4) is 0 Å². The number of amides is 1. The van der Waals surface area contributed by atoms with Crippen LogP contribution in [0, 0.1) is 0 Å². The van der Waals surface area contributed by atoms with E-state index in [4.69, 9.17) is 5.11 Å². The number of hydrogen-bond donors (Lipinski definition) is 1. The lowest BCUT2D eigenvalue weighted by molar-refractivity contribution is -0.128. The Labute approximate surface area is 126 Å². The van der Waals surface area contributed by atoms with Crippen LogP contribution in [0.2, 0.25) is 0 Å². The highest BCUT2D eigenvalue weighted by Crippen LogP contribution is 2.29. The molecule has 0 saturated carbocycles. The van der Waals surface area contributed by atoms with Gasteiger partial charge in [-0.3, -0.25) is 4.79 Å². The third-order valence-corrected chi connectivity index (χ3v) is 5.60. The smallest absolute Gasteiger partial charge is 0.233 e. The molecule has 20 heavy (non-hydrogen) atoms. The highest BCUT2D eigenvalue weighted by atomic mass is 32.2. The lowest BCUT2D eigenvalue weighted by Gasteiger charge is -2.14. The van der Waals surface area contributed by atoms with Crippen molar-refractivity contribution in [3.63, 3.8) is 0 Å². The second kappa shape index (κ2) is 5.99. The van der Waals surface area contributed by atoms with Gasteiger partial charge < -0.3 is 10.0 Å². The van der Waals surface area contributed by atoms with Crippen LogP contribution in [-0.4, -0.2) is 21.7 Å². The summed E-state index contributed by atoms with van der Waals surface area (Å²) in [7, 11) is 0. The molecule has 0 bridgehead atoms. The standard InChI is InChI=1S/C15H15NO2S2/c17-9-13-5-6-15(20-13)19-10-14(18)16-7-11-3-1-2-4-12(11)8-16/h1-6,17H,7-10H2. The summed E-state index contributed by atoms with van der Waals surface area (Å²) >= 11 is 3.09. The first-order valence-corrected chi connectivity index (χ1v) is 8.23. The molecule has 2 aromatic rings. The largest absolute Gasteiger partial charge is 0.391 e. The number of benzene rings is 1. The first kappa shape index (κ1) is 13.7. The fourth-order valence-electron chi connectivity index (χ4n) is 2.25. The minimum absolute atomic E-state index is 0.0700. The number of thiophene rings is 1. The molecule has 1 amide bonds. The van der Waals surface area contributed by atoms with Crippen molar-refractivity contribution in [2.24, 2.45) is 0 Å². The molecule has 0 saturated heterocycles. The van der Waals surface area contributed by atoms with Gasteiger partial charge in [0.05, 0.1) is 16.6 Å². The van der Waals surface area contributed by atoms with Crippen LogP contribution in [0.5, 0.6) is 0 Å². The number of fused-ring (bicyclic) bond motifs is 1. The molecule has 5 heteroatoms. The number of carbonyl (C=O) groups excluding carboxylic acids is 1. The minimum Gasteiger partial charge on any atom is -0.391 e. The van der Waals surface area contributed by atoms with Crippen LogP contribution >= 0.6 is 23.1 Å². The van der Waals surface area contributed by atoms with Crippen molar-refractivity contribution in [1.82, 2.24) is 4.90 Å². The van der Waals surface area contributed by atoms with E-state index in [-0.39, 0.29) is 12.5 Å². The Bertz CT molecular complexity index is 599. The predicted molar refractivity (Wildman–Crippen MR) is 81.7 cm³/mol. The molecule has 104 valence electrons. The summed E-state index contributed by atoms with van der Waals surface area (Å²) in [6.45, 7) is 1.52. The molecular formula is C15H15NO2S2. The van der Waals surface area contributed by atoms with Crippen molar-refractivity contribution >= 4 is 29.0 Å². The highest BCUT2D eigenvalue weighted by Gasteiger charge is 2.22. The van der Waals surface area contributed by atoms with E-state index in [0.717, 1.165) is 22.2 Å². The van der Waals surface area contributed by atoms with Gasteiger partial charge in [-0.25, -0.2) is 0 Å². The highest BCUT2D eigenvalue weighted by molar-refractivity contribution is 8.01. The molecule has 0 spiro atoms. The maximum Gasteiger partial charge on any atom is 0.233 e. The molecule has 0 fully saturated rings. The van der Waals surface area contributed by atoms with Gasteiger partial charge in [0.15, 0.2) is 0 Å². The average molecular weight is 305 g/mol. The van der Waals surface area contributed by atoms with Gasteiger partial charge in [-0.05, 0) is 23.3 Å². The van der Waals surface area contributed by atoms with E-state index in [0.29, 0.717) is 5.75 Å². The first-order valence-electron chi connectivity index (χ1n) is 6.43. The molecule has 1 aromatic carbocycles. The van der Waals surface area contributed by atoms with Gasteiger partial charge in [0.25, 0.3) is 0 Å². The summed E-state index contributed by atoms with van der Waals surface area (Å²) in [6, 6.07) is 12.1. The number of aliphatic hydroxyl groups is 1. The normalized spacial score (nSPS) is 13.6. The van der Waals surface area contributed by atoms with E-state index in [1.54, 1.807) is 23.1 Å². The van der Waals surface area contributed by atoms with Crippen LogP contribution in [-0.2, 0) is 24.5 Å². The van der Waals surface area contributed by atoms with E-state index in [1.165, 1.54) is 11.1 Å². The SMILES string of the molecule is O=C(CSc1ccc(CO)s1)N1Cc2ccccc2C1. The van der Waals surface area contributed by atoms with Crippen LogP contribution in [0.25, 0.3) is 0 Å². The van der Waals surface area contributed by atoms with Gasteiger partial charge in [0.1, 0.15) is 0 Å². The maximum atomic E-state index is 12.2. The Morgan fingerprint density at radius 1 is 1.20 bits per heavy atom. The molecule has 3 nitrogen and oxygen atoms in total. The molecule has 1 aliphatic rings. The van der Waals surface area contributed by atoms with E-state index in [9.17, 15) is 4.79 Å². The molecule has 0 unspecified atom stereocenters. The van der Waals surface area contributed by atoms with Gasteiger partial charge >= 0.3 is 0 Å². The molecule has 1 N–H and O–H groups in total. The monoisotopic (exact) mass is 305 g/mol. The zero-order valence-corrected chi connectivity index (χ0v) is 12.5. The zero-order valence-electron chi connectivity index (χ0n) is 10.9. The van der Waals surface area contributed by atoms with Crippen molar-refractivity contribution in [2.75, 3.05) is 5.75 Å². The van der Waals surface area contributed by atoms with Crippen LogP contribution < -0.4 is 0 Å². The van der Waals surface area contributed by atoms with Gasteiger partial charge in [-0.2, -0.15) is 0 Å². The van der Waals surface area contributed by atoms with Gasteiger partial charge in [0, 0.05) is 18.0 Å². The van der Waals surface area contributed by atoms with E-state index < -0.39 is 0 Å². The molecule has 2 heterocycles. The Kier molecular flexibility index (Phi) is 4.10. The van der Waals surface area contributed by atoms with Crippen molar-refractivity contribution in [1.29, 1.82) is 0 Å².